The van der Waals surface area contributed by atoms with E-state index in [0.717, 1.165) is 39.7 Å². The summed E-state index contributed by atoms with van der Waals surface area (Å²) in [5, 5.41) is 2.39. The van der Waals surface area contributed by atoms with Gasteiger partial charge in [-0.25, -0.2) is 4.79 Å². The second-order valence-electron chi connectivity index (χ2n) is 9.80. The van der Waals surface area contributed by atoms with Crippen molar-refractivity contribution in [3.05, 3.63) is 150 Å². The van der Waals surface area contributed by atoms with E-state index in [0.29, 0.717) is 23.3 Å². The van der Waals surface area contributed by atoms with Crippen LogP contribution in [0.1, 0.15) is 24.5 Å². The second kappa shape index (κ2) is 10.5. The predicted octanol–water partition coefficient (Wildman–Crippen LogP) is 8.23. The zero-order valence-electron chi connectivity index (χ0n) is 22.1. The first-order valence-corrected chi connectivity index (χ1v) is 13.2. The Hall–Kier alpha value is -5.22. The molecule has 0 saturated carbocycles. The van der Waals surface area contributed by atoms with Gasteiger partial charge in [0.05, 0.1) is 16.6 Å². The number of benzene rings is 4. The number of allylic oxidation sites excluding steroid dienone is 5. The van der Waals surface area contributed by atoms with E-state index in [1.165, 1.54) is 10.8 Å². The lowest BCUT2D eigenvalue weighted by Crippen LogP contribution is -2.09. The third kappa shape index (κ3) is 4.50. The third-order valence-electron chi connectivity index (χ3n) is 7.36. The number of carbonyl (C=O) groups is 2. The van der Waals surface area contributed by atoms with Gasteiger partial charge < -0.3 is 9.30 Å². The molecule has 4 heteroatoms. The van der Waals surface area contributed by atoms with Crippen molar-refractivity contribution in [3.63, 3.8) is 0 Å². The smallest absolute Gasteiger partial charge is 0.343 e. The minimum atomic E-state index is -0.518. The van der Waals surface area contributed by atoms with Crippen LogP contribution in [0.2, 0.25) is 0 Å². The molecule has 0 atom stereocenters. The summed E-state index contributed by atoms with van der Waals surface area (Å²) in [5.41, 5.74) is 7.28. The number of aromatic nitrogens is 1. The highest BCUT2D eigenvalue weighted by Crippen LogP contribution is 2.33. The van der Waals surface area contributed by atoms with Crippen LogP contribution in [0.3, 0.4) is 0 Å². The molecule has 0 spiro atoms. The molecule has 1 aliphatic rings. The number of rotatable bonds is 6. The first-order chi connectivity index (χ1) is 19.5. The van der Waals surface area contributed by atoms with E-state index < -0.39 is 5.97 Å². The second-order valence-corrected chi connectivity index (χ2v) is 9.80. The van der Waals surface area contributed by atoms with Gasteiger partial charge in [0.2, 0.25) is 0 Å². The first-order valence-electron chi connectivity index (χ1n) is 13.2. The molecule has 0 radical (unpaired) electrons. The maximum absolute atomic E-state index is 13.1. The van der Waals surface area contributed by atoms with E-state index >= 15 is 0 Å². The number of para-hydroxylation sites is 2. The van der Waals surface area contributed by atoms with Crippen LogP contribution in [-0.4, -0.2) is 16.8 Å². The van der Waals surface area contributed by atoms with Gasteiger partial charge in [-0.05, 0) is 59.5 Å². The zero-order chi connectivity index (χ0) is 27.6. The van der Waals surface area contributed by atoms with Crippen molar-refractivity contribution in [1.29, 1.82) is 0 Å². The molecule has 1 aliphatic carbocycles. The summed E-state index contributed by atoms with van der Waals surface area (Å²) in [4.78, 5) is 25.1. The number of hydrogen-bond donors (Lipinski definition) is 0. The van der Waals surface area contributed by atoms with Crippen molar-refractivity contribution in [1.82, 2.24) is 4.57 Å². The Labute approximate surface area is 232 Å². The topological polar surface area (TPSA) is 48.3 Å². The molecule has 0 bridgehead atoms. The van der Waals surface area contributed by atoms with Crippen molar-refractivity contribution in [2.45, 2.75) is 13.3 Å². The van der Waals surface area contributed by atoms with Gasteiger partial charge in [-0.1, -0.05) is 91.5 Å². The van der Waals surface area contributed by atoms with Gasteiger partial charge in [0, 0.05) is 28.5 Å². The number of aldehydes is 1. The Morgan fingerprint density at radius 2 is 1.40 bits per heavy atom. The molecule has 6 rings (SSSR count). The van der Waals surface area contributed by atoms with Crippen LogP contribution in [0.4, 0.5) is 0 Å². The summed E-state index contributed by atoms with van der Waals surface area (Å²) in [6.07, 6.45) is 5.05. The Morgan fingerprint density at radius 3 is 2.02 bits per heavy atom. The van der Waals surface area contributed by atoms with Crippen LogP contribution in [-0.2, 0) is 14.3 Å². The number of esters is 1. The molecule has 0 fully saturated rings. The summed E-state index contributed by atoms with van der Waals surface area (Å²) in [7, 11) is 0. The lowest BCUT2D eigenvalue weighted by Gasteiger charge is -2.17. The molecule has 1 aromatic heterocycles. The fourth-order valence-corrected chi connectivity index (χ4v) is 5.27. The molecular weight excluding hydrogens is 494 g/mol. The highest BCUT2D eigenvalue weighted by Gasteiger charge is 2.19. The monoisotopic (exact) mass is 521 g/mol. The van der Waals surface area contributed by atoms with Gasteiger partial charge in [-0.15, -0.1) is 0 Å². The fraction of sp³-hybridized carbons (Fsp3) is 0.0556. The fourth-order valence-electron chi connectivity index (χ4n) is 5.27. The number of fused-ring (bicyclic) bond motifs is 3. The van der Waals surface area contributed by atoms with E-state index in [2.05, 4.69) is 47.5 Å². The van der Waals surface area contributed by atoms with Crippen LogP contribution in [0.25, 0.3) is 38.6 Å². The van der Waals surface area contributed by atoms with E-state index in [4.69, 9.17) is 4.74 Å². The molecule has 4 nitrogen and oxygen atoms in total. The molecule has 0 unspecified atom stereocenters. The normalized spacial score (nSPS) is 14.4. The Balaban J connectivity index is 1.26. The van der Waals surface area contributed by atoms with Gasteiger partial charge >= 0.3 is 5.97 Å². The summed E-state index contributed by atoms with van der Waals surface area (Å²) in [5.74, 6) is -0.0422. The molecular formula is C36H27NO3. The zero-order valence-corrected chi connectivity index (χ0v) is 22.1. The van der Waals surface area contributed by atoms with Crippen molar-refractivity contribution in [2.24, 2.45) is 0 Å². The maximum Gasteiger partial charge on any atom is 0.343 e. The van der Waals surface area contributed by atoms with Crippen molar-refractivity contribution in [2.75, 3.05) is 0 Å². The molecule has 194 valence electrons. The molecule has 1 heterocycles. The largest absolute Gasteiger partial charge is 0.427 e. The van der Waals surface area contributed by atoms with E-state index in [1.807, 2.05) is 79.7 Å². The standard InChI is InChI=1S/C36H27NO3/c1-24-16-21-29(22-32(24)33(23-38)27-10-4-3-5-11-27)40-36(39)25(2)26-17-19-28(20-18-26)37-34-14-8-6-12-30(34)31-13-7-9-15-35(31)37/h3-20,22-23H,2,21H2,1H3/b33-32+. The molecule has 0 aliphatic heterocycles. The van der Waals surface area contributed by atoms with Crippen molar-refractivity contribution in [3.8, 4) is 5.69 Å². The van der Waals surface area contributed by atoms with Gasteiger partial charge in [-0.3, -0.25) is 4.79 Å². The van der Waals surface area contributed by atoms with Crippen LogP contribution in [0.15, 0.2) is 139 Å². The van der Waals surface area contributed by atoms with Crippen LogP contribution < -0.4 is 0 Å². The molecule has 40 heavy (non-hydrogen) atoms. The first kappa shape index (κ1) is 25.1. The average Bonchev–Trinajstić information content (AvgIpc) is 3.34. The molecule has 0 N–H and O–H groups in total. The van der Waals surface area contributed by atoms with E-state index in [1.54, 1.807) is 6.08 Å². The SMILES string of the molecule is C=C(C(=O)OC1=C/C(=C(/C=O)c2ccccc2)C(C)=CC1)c1ccc(-n2c3ccccc3c3ccccc32)cc1. The maximum atomic E-state index is 13.1. The predicted molar refractivity (Wildman–Crippen MR) is 162 cm³/mol. The number of nitrogens with zero attached hydrogens (tertiary/aromatic N) is 1. The average molecular weight is 522 g/mol. The summed E-state index contributed by atoms with van der Waals surface area (Å²) >= 11 is 0. The Kier molecular flexibility index (Phi) is 6.59. The van der Waals surface area contributed by atoms with E-state index in [9.17, 15) is 9.59 Å². The van der Waals surface area contributed by atoms with Gasteiger partial charge in [-0.2, -0.15) is 0 Å². The Bertz CT molecular complexity index is 1830. The van der Waals surface area contributed by atoms with Gasteiger partial charge in [0.25, 0.3) is 0 Å². The van der Waals surface area contributed by atoms with Crippen molar-refractivity contribution < 1.29 is 14.3 Å². The van der Waals surface area contributed by atoms with Crippen LogP contribution in [0.5, 0.6) is 0 Å². The third-order valence-corrected chi connectivity index (χ3v) is 7.36. The quantitative estimate of drug-likeness (QED) is 0.128. The summed E-state index contributed by atoms with van der Waals surface area (Å²) < 4.78 is 7.98. The minimum Gasteiger partial charge on any atom is -0.427 e. The summed E-state index contributed by atoms with van der Waals surface area (Å²) in [6.45, 7) is 5.98. The lowest BCUT2D eigenvalue weighted by atomic mass is 9.92. The van der Waals surface area contributed by atoms with Crippen LogP contribution >= 0.6 is 0 Å². The minimum absolute atomic E-state index is 0.269. The lowest BCUT2D eigenvalue weighted by molar-refractivity contribution is -0.132. The highest BCUT2D eigenvalue weighted by atomic mass is 16.5. The molecule has 4 aromatic carbocycles. The van der Waals surface area contributed by atoms with Gasteiger partial charge in [0.15, 0.2) is 6.29 Å². The Morgan fingerprint density at radius 1 is 0.800 bits per heavy atom. The molecule has 5 aromatic rings. The van der Waals surface area contributed by atoms with Crippen molar-refractivity contribution >= 4 is 45.2 Å². The van der Waals surface area contributed by atoms with Gasteiger partial charge in [0.1, 0.15) is 5.76 Å². The molecule has 0 amide bonds. The van der Waals surface area contributed by atoms with E-state index in [-0.39, 0.29) is 5.57 Å². The summed E-state index contributed by atoms with van der Waals surface area (Å²) in [6, 6.07) is 33.9. The van der Waals surface area contributed by atoms with Crippen LogP contribution in [0, 0.1) is 0 Å². The molecule has 0 saturated heterocycles. The number of ether oxygens (including phenoxy) is 1. The highest BCUT2D eigenvalue weighted by molar-refractivity contribution is 6.16. The number of carbonyl (C=O) groups excluding carboxylic acids is 2. The number of hydrogen-bond acceptors (Lipinski definition) is 3.